The number of hydrogen-bond acceptors (Lipinski definition) is 7. The van der Waals surface area contributed by atoms with E-state index in [2.05, 4.69) is 32.3 Å². The van der Waals surface area contributed by atoms with Gasteiger partial charge >= 0.3 is 0 Å². The number of hydroxylamine groups is 1. The van der Waals surface area contributed by atoms with Crippen LogP contribution >= 0.6 is 0 Å². The zero-order chi connectivity index (χ0) is 25.4. The van der Waals surface area contributed by atoms with E-state index in [1.165, 1.54) is 24.5 Å². The quantitative estimate of drug-likeness (QED) is 0.273. The van der Waals surface area contributed by atoms with Gasteiger partial charge in [-0.15, -0.1) is 0 Å². The van der Waals surface area contributed by atoms with Crippen molar-refractivity contribution in [2.75, 3.05) is 6.61 Å². The first-order chi connectivity index (χ1) is 16.9. The van der Waals surface area contributed by atoms with Gasteiger partial charge in [0.15, 0.2) is 5.82 Å². The molecule has 4 N–H and O–H groups in total. The largest absolute Gasteiger partial charge is 0.477 e. The number of rotatable bonds is 12. The van der Waals surface area contributed by atoms with Crippen molar-refractivity contribution in [3.63, 3.8) is 0 Å². The first kappa shape index (κ1) is 26.0. The zero-order valence-corrected chi connectivity index (χ0v) is 20.2. The molecule has 2 atom stereocenters. The standard InChI is InChI=1S/C25H31FN6O3/c1-5-8-22(28-16(4)31-32(34)18-10-11-18)21(6-2)30-25(33)19-12-9-17(13-20(19)26)23-14-27-15-24(29-23)35-7-3/h5,8-9,12-15,18,21,31,34H,4,6-7,10-11H2,1-3H3,(H,30,33)/p+1/b8-5-,28-22+. The maximum Gasteiger partial charge on any atom is 0.254 e. The van der Waals surface area contributed by atoms with Crippen molar-refractivity contribution in [1.29, 1.82) is 0 Å². The fraction of sp³-hybridized carbons (Fsp3) is 0.360. The summed E-state index contributed by atoms with van der Waals surface area (Å²) in [5, 5.41) is 13.0. The van der Waals surface area contributed by atoms with Crippen LogP contribution < -0.4 is 20.7 Å². The molecule has 0 saturated heterocycles. The molecular weight excluding hydrogens is 451 g/mol. The molecule has 0 bridgehead atoms. The van der Waals surface area contributed by atoms with Crippen LogP contribution in [-0.4, -0.2) is 45.5 Å². The molecule has 3 rings (SSSR count). The predicted octanol–water partition coefficient (Wildman–Crippen LogP) is 2.62. The maximum atomic E-state index is 14.9. The molecule has 1 aromatic carbocycles. The Bertz CT molecular complexity index is 1120. The van der Waals surface area contributed by atoms with E-state index in [4.69, 9.17) is 4.74 Å². The molecule has 1 amide bonds. The Morgan fingerprint density at radius 2 is 2.17 bits per heavy atom. The SMILES string of the molecule is C=C(/N=C(\C=C/C)C(CC)NC(=O)c1ccc(-c2cncc(OCC)n2)cc1F)N[NH+](O)C1CC1. The Morgan fingerprint density at radius 1 is 1.40 bits per heavy atom. The van der Waals surface area contributed by atoms with E-state index in [0.29, 0.717) is 35.9 Å². The number of benzene rings is 1. The lowest BCUT2D eigenvalue weighted by Gasteiger charge is -2.19. The molecule has 1 saturated carbocycles. The Morgan fingerprint density at radius 3 is 2.80 bits per heavy atom. The molecule has 1 aliphatic rings. The van der Waals surface area contributed by atoms with Gasteiger partial charge in [0, 0.05) is 18.4 Å². The molecule has 0 spiro atoms. The van der Waals surface area contributed by atoms with Crippen LogP contribution in [0.25, 0.3) is 11.3 Å². The number of carbonyl (C=O) groups excluding carboxylic acids is 1. The summed E-state index contributed by atoms with van der Waals surface area (Å²) >= 11 is 0. The van der Waals surface area contributed by atoms with Gasteiger partial charge in [0.05, 0.1) is 42.0 Å². The van der Waals surface area contributed by atoms with Gasteiger partial charge in [-0.2, -0.15) is 10.6 Å². The summed E-state index contributed by atoms with van der Waals surface area (Å²) in [4.78, 5) is 25.8. The number of allylic oxidation sites excluding steroid dienone is 1. The minimum atomic E-state index is -0.682. The van der Waals surface area contributed by atoms with E-state index < -0.39 is 17.8 Å². The van der Waals surface area contributed by atoms with E-state index in [0.717, 1.165) is 12.8 Å². The summed E-state index contributed by atoms with van der Waals surface area (Å²) in [5.74, 6) is -0.648. The fourth-order valence-corrected chi connectivity index (χ4v) is 3.38. The van der Waals surface area contributed by atoms with Gasteiger partial charge < -0.3 is 10.1 Å². The molecule has 1 fully saturated rings. The minimum absolute atomic E-state index is 0.0994. The van der Waals surface area contributed by atoms with Crippen molar-refractivity contribution in [2.24, 2.45) is 4.99 Å². The molecule has 0 radical (unpaired) electrons. The average Bonchev–Trinajstić information content (AvgIpc) is 3.68. The van der Waals surface area contributed by atoms with Gasteiger partial charge in [0.2, 0.25) is 5.88 Å². The van der Waals surface area contributed by atoms with Crippen LogP contribution in [0, 0.1) is 5.82 Å². The van der Waals surface area contributed by atoms with Gasteiger partial charge in [-0.3, -0.25) is 9.78 Å². The first-order valence-corrected chi connectivity index (χ1v) is 11.6. The van der Waals surface area contributed by atoms with Crippen LogP contribution in [0.4, 0.5) is 4.39 Å². The van der Waals surface area contributed by atoms with Crippen LogP contribution in [0.15, 0.2) is 60.1 Å². The van der Waals surface area contributed by atoms with E-state index in [9.17, 15) is 14.4 Å². The Kier molecular flexibility index (Phi) is 9.04. The number of halogens is 1. The second kappa shape index (κ2) is 12.2. The van der Waals surface area contributed by atoms with Crippen molar-refractivity contribution >= 4 is 11.6 Å². The highest BCUT2D eigenvalue weighted by Crippen LogP contribution is 2.22. The number of nitrogens with one attached hydrogen (secondary N) is 3. The predicted molar refractivity (Wildman–Crippen MR) is 130 cm³/mol. The Labute approximate surface area is 204 Å². The lowest BCUT2D eigenvalue weighted by atomic mass is 10.1. The summed E-state index contributed by atoms with van der Waals surface area (Å²) in [6.45, 7) is 9.83. The molecule has 1 heterocycles. The van der Waals surface area contributed by atoms with Crippen LogP contribution in [-0.2, 0) is 0 Å². The van der Waals surface area contributed by atoms with Crippen LogP contribution in [0.3, 0.4) is 0 Å². The number of hydrogen-bond donors (Lipinski definition) is 4. The van der Waals surface area contributed by atoms with Crippen molar-refractivity contribution in [1.82, 2.24) is 20.7 Å². The average molecular weight is 484 g/mol. The second-order valence-corrected chi connectivity index (χ2v) is 8.07. The number of carbonyl (C=O) groups is 1. The Balaban J connectivity index is 1.75. The molecule has 1 aromatic heterocycles. The van der Waals surface area contributed by atoms with Gasteiger partial charge in [-0.25, -0.2) is 14.4 Å². The number of quaternary nitrogens is 1. The van der Waals surface area contributed by atoms with E-state index in [-0.39, 0.29) is 22.6 Å². The lowest BCUT2D eigenvalue weighted by molar-refractivity contribution is -1.13. The highest BCUT2D eigenvalue weighted by molar-refractivity contribution is 6.04. The normalized spacial score (nSPS) is 15.5. The molecule has 2 unspecified atom stereocenters. The third-order valence-electron chi connectivity index (χ3n) is 5.32. The van der Waals surface area contributed by atoms with E-state index in [1.54, 1.807) is 18.2 Å². The van der Waals surface area contributed by atoms with Crippen molar-refractivity contribution in [2.45, 2.75) is 52.1 Å². The van der Waals surface area contributed by atoms with Gasteiger partial charge in [0.1, 0.15) is 11.9 Å². The summed E-state index contributed by atoms with van der Waals surface area (Å²) in [5.41, 5.74) is 4.15. The molecule has 9 nitrogen and oxygen atoms in total. The van der Waals surface area contributed by atoms with Crippen LogP contribution in [0.2, 0.25) is 0 Å². The number of ether oxygens (including phenoxy) is 1. The minimum Gasteiger partial charge on any atom is -0.477 e. The summed E-state index contributed by atoms with van der Waals surface area (Å²) in [6.07, 6.45) is 8.90. The number of nitrogens with zero attached hydrogens (tertiary/aromatic N) is 3. The smallest absolute Gasteiger partial charge is 0.254 e. The van der Waals surface area contributed by atoms with E-state index >= 15 is 0 Å². The summed E-state index contributed by atoms with van der Waals surface area (Å²) in [7, 11) is 0. The fourth-order valence-electron chi connectivity index (χ4n) is 3.38. The molecule has 2 aromatic rings. The summed E-state index contributed by atoms with van der Waals surface area (Å²) < 4.78 is 20.3. The maximum absolute atomic E-state index is 14.9. The second-order valence-electron chi connectivity index (χ2n) is 8.07. The topological polar surface area (TPSA) is 113 Å². The van der Waals surface area contributed by atoms with Crippen molar-refractivity contribution < 1.29 is 24.3 Å². The number of aliphatic imine (C=N–C) groups is 1. The van der Waals surface area contributed by atoms with Crippen LogP contribution in [0.5, 0.6) is 5.88 Å². The lowest BCUT2D eigenvalue weighted by Crippen LogP contribution is -3.17. The molecule has 0 aliphatic heterocycles. The highest BCUT2D eigenvalue weighted by atomic mass is 19.1. The first-order valence-electron chi connectivity index (χ1n) is 11.6. The Hall–Kier alpha value is -3.63. The van der Waals surface area contributed by atoms with Crippen LogP contribution in [0.1, 0.15) is 50.4 Å². The molecule has 10 heteroatoms. The highest BCUT2D eigenvalue weighted by Gasteiger charge is 2.34. The van der Waals surface area contributed by atoms with Crippen molar-refractivity contribution in [3.05, 3.63) is 66.5 Å². The molecule has 35 heavy (non-hydrogen) atoms. The third-order valence-corrected chi connectivity index (χ3v) is 5.32. The summed E-state index contributed by atoms with van der Waals surface area (Å²) in [6, 6.07) is 3.92. The van der Waals surface area contributed by atoms with E-state index in [1.807, 2.05) is 20.8 Å². The van der Waals surface area contributed by atoms with Gasteiger partial charge in [-0.05, 0) is 38.5 Å². The van der Waals surface area contributed by atoms with Gasteiger partial charge in [0.25, 0.3) is 5.91 Å². The molecule has 1 aliphatic carbocycles. The molecular formula is C25H32FN6O3+. The van der Waals surface area contributed by atoms with Gasteiger partial charge in [-0.1, -0.05) is 30.8 Å². The van der Waals surface area contributed by atoms with Crippen molar-refractivity contribution in [3.8, 4) is 17.1 Å². The monoisotopic (exact) mass is 483 g/mol. The molecule has 186 valence electrons. The number of amides is 1. The zero-order valence-electron chi connectivity index (χ0n) is 20.2. The number of aromatic nitrogens is 2. The third kappa shape index (κ3) is 7.17.